The molecular formula is C13H25F. The molecule has 0 aromatic carbocycles. The zero-order chi connectivity index (χ0) is 10.2. The van der Waals surface area contributed by atoms with Crippen LogP contribution in [0, 0.1) is 11.8 Å². The van der Waals surface area contributed by atoms with Gasteiger partial charge in [-0.05, 0) is 18.3 Å². The van der Waals surface area contributed by atoms with E-state index in [9.17, 15) is 4.39 Å². The summed E-state index contributed by atoms with van der Waals surface area (Å²) in [7, 11) is 0. The summed E-state index contributed by atoms with van der Waals surface area (Å²) < 4.78 is 12.1. The zero-order valence-electron chi connectivity index (χ0n) is 9.60. The molecule has 0 bridgehead atoms. The topological polar surface area (TPSA) is 0 Å². The van der Waals surface area contributed by atoms with Crippen molar-refractivity contribution in [3.05, 3.63) is 0 Å². The monoisotopic (exact) mass is 200 g/mol. The molecule has 0 spiro atoms. The fraction of sp³-hybridized carbons (Fsp3) is 1.00. The summed E-state index contributed by atoms with van der Waals surface area (Å²) in [5.41, 5.74) is 0. The van der Waals surface area contributed by atoms with Gasteiger partial charge in [0.2, 0.25) is 0 Å². The van der Waals surface area contributed by atoms with E-state index in [0.717, 1.165) is 12.3 Å². The first kappa shape index (κ1) is 12.0. The third-order valence-electron chi connectivity index (χ3n) is 3.70. The predicted molar refractivity (Wildman–Crippen MR) is 60.2 cm³/mol. The second-order valence-electron chi connectivity index (χ2n) is 4.86. The van der Waals surface area contributed by atoms with E-state index in [1.54, 1.807) is 0 Å². The molecule has 0 aromatic rings. The van der Waals surface area contributed by atoms with Crippen molar-refractivity contribution >= 4 is 0 Å². The van der Waals surface area contributed by atoms with Crippen LogP contribution in [-0.4, -0.2) is 6.67 Å². The van der Waals surface area contributed by atoms with Gasteiger partial charge in [0.15, 0.2) is 0 Å². The van der Waals surface area contributed by atoms with Crippen LogP contribution < -0.4 is 0 Å². The lowest BCUT2D eigenvalue weighted by Crippen LogP contribution is -2.15. The molecule has 0 heterocycles. The maximum absolute atomic E-state index is 12.1. The largest absolute Gasteiger partial charge is 0.251 e. The molecule has 0 saturated heterocycles. The van der Waals surface area contributed by atoms with Gasteiger partial charge in [-0.1, -0.05) is 58.3 Å². The third kappa shape index (κ3) is 4.43. The molecular weight excluding hydrogens is 175 g/mol. The highest BCUT2D eigenvalue weighted by Gasteiger charge is 2.20. The molecule has 0 aliphatic heterocycles. The van der Waals surface area contributed by atoms with Crippen LogP contribution in [-0.2, 0) is 0 Å². The second kappa shape index (κ2) is 7.25. The Kier molecular flexibility index (Phi) is 6.22. The van der Waals surface area contributed by atoms with Gasteiger partial charge in [0.1, 0.15) is 0 Å². The summed E-state index contributed by atoms with van der Waals surface area (Å²) in [5.74, 6) is 1.68. The number of alkyl halides is 1. The molecule has 0 atom stereocenters. The minimum Gasteiger partial charge on any atom is -0.251 e. The van der Waals surface area contributed by atoms with Crippen LogP contribution in [0.25, 0.3) is 0 Å². The van der Waals surface area contributed by atoms with E-state index in [0.29, 0.717) is 5.92 Å². The predicted octanol–water partition coefficient (Wildman–Crippen LogP) is 4.73. The lowest BCUT2D eigenvalue weighted by molar-refractivity contribution is 0.235. The third-order valence-corrected chi connectivity index (χ3v) is 3.70. The van der Waals surface area contributed by atoms with Gasteiger partial charge >= 0.3 is 0 Å². The molecule has 1 heteroatoms. The van der Waals surface area contributed by atoms with Gasteiger partial charge < -0.3 is 0 Å². The number of rotatable bonds is 6. The van der Waals surface area contributed by atoms with Gasteiger partial charge in [0.25, 0.3) is 0 Å². The number of halogens is 1. The maximum Gasteiger partial charge on any atom is 0.0897 e. The van der Waals surface area contributed by atoms with Crippen molar-refractivity contribution in [2.24, 2.45) is 11.8 Å². The summed E-state index contributed by atoms with van der Waals surface area (Å²) in [5, 5.41) is 0. The molecule has 0 radical (unpaired) electrons. The van der Waals surface area contributed by atoms with Crippen LogP contribution in [0.2, 0.25) is 0 Å². The summed E-state index contributed by atoms with van der Waals surface area (Å²) in [6.07, 6.45) is 11.7. The Labute approximate surface area is 88.3 Å². The normalized spacial score (nSPS) is 27.9. The highest BCUT2D eigenvalue weighted by Crippen LogP contribution is 2.33. The van der Waals surface area contributed by atoms with Gasteiger partial charge in [-0.2, -0.15) is 0 Å². The molecule has 14 heavy (non-hydrogen) atoms. The van der Waals surface area contributed by atoms with E-state index in [4.69, 9.17) is 0 Å². The average Bonchev–Trinajstić information content (AvgIpc) is 2.21. The first-order chi connectivity index (χ1) is 6.86. The molecule has 0 unspecified atom stereocenters. The van der Waals surface area contributed by atoms with E-state index >= 15 is 0 Å². The van der Waals surface area contributed by atoms with Crippen LogP contribution in [0.4, 0.5) is 4.39 Å². The van der Waals surface area contributed by atoms with Gasteiger partial charge in [-0.15, -0.1) is 0 Å². The summed E-state index contributed by atoms with van der Waals surface area (Å²) in [6.45, 7) is 2.16. The minimum atomic E-state index is -0.106. The number of unbranched alkanes of at least 4 members (excludes halogenated alkanes) is 2. The van der Waals surface area contributed by atoms with E-state index in [2.05, 4.69) is 6.92 Å². The van der Waals surface area contributed by atoms with Crippen molar-refractivity contribution < 1.29 is 4.39 Å². The molecule has 84 valence electrons. The molecule has 0 amide bonds. The Morgan fingerprint density at radius 1 is 0.929 bits per heavy atom. The van der Waals surface area contributed by atoms with Gasteiger partial charge in [0.05, 0.1) is 6.67 Å². The van der Waals surface area contributed by atoms with E-state index in [-0.39, 0.29) is 6.67 Å². The lowest BCUT2D eigenvalue weighted by Gasteiger charge is -2.27. The quantitative estimate of drug-likeness (QED) is 0.544. The van der Waals surface area contributed by atoms with Crippen molar-refractivity contribution in [2.45, 2.75) is 64.7 Å². The maximum atomic E-state index is 12.1. The lowest BCUT2D eigenvalue weighted by atomic mass is 9.79. The van der Waals surface area contributed by atoms with Crippen molar-refractivity contribution in [3.63, 3.8) is 0 Å². The molecule has 1 aliphatic rings. The molecule has 1 saturated carbocycles. The van der Waals surface area contributed by atoms with Crippen LogP contribution in [0.5, 0.6) is 0 Å². The van der Waals surface area contributed by atoms with Crippen LogP contribution in [0.3, 0.4) is 0 Å². The first-order valence-corrected chi connectivity index (χ1v) is 6.42. The Bertz CT molecular complexity index is 125. The highest BCUT2D eigenvalue weighted by molar-refractivity contribution is 4.72. The molecule has 0 nitrogen and oxygen atoms in total. The molecule has 0 N–H and O–H groups in total. The fourth-order valence-corrected chi connectivity index (χ4v) is 2.65. The summed E-state index contributed by atoms with van der Waals surface area (Å²) in [4.78, 5) is 0. The van der Waals surface area contributed by atoms with Crippen molar-refractivity contribution in [1.82, 2.24) is 0 Å². The molecule has 1 rings (SSSR count). The van der Waals surface area contributed by atoms with Crippen LogP contribution in [0.1, 0.15) is 64.7 Å². The average molecular weight is 200 g/mol. The van der Waals surface area contributed by atoms with Crippen molar-refractivity contribution in [2.75, 3.05) is 6.67 Å². The van der Waals surface area contributed by atoms with Crippen molar-refractivity contribution in [1.29, 1.82) is 0 Å². The summed E-state index contributed by atoms with van der Waals surface area (Å²) in [6, 6.07) is 0. The molecule has 0 aromatic heterocycles. The Morgan fingerprint density at radius 3 is 2.00 bits per heavy atom. The Morgan fingerprint density at radius 2 is 1.50 bits per heavy atom. The minimum absolute atomic E-state index is 0.106. The highest BCUT2D eigenvalue weighted by atomic mass is 19.1. The van der Waals surface area contributed by atoms with Crippen LogP contribution in [0.15, 0.2) is 0 Å². The Hall–Kier alpha value is -0.0700. The zero-order valence-corrected chi connectivity index (χ0v) is 9.60. The SMILES string of the molecule is CCCCCC1CCC(CCF)CC1. The van der Waals surface area contributed by atoms with Crippen molar-refractivity contribution in [3.8, 4) is 0 Å². The van der Waals surface area contributed by atoms with Gasteiger partial charge in [-0.3, -0.25) is 4.39 Å². The van der Waals surface area contributed by atoms with Gasteiger partial charge in [-0.25, -0.2) is 0 Å². The first-order valence-electron chi connectivity index (χ1n) is 6.42. The van der Waals surface area contributed by atoms with E-state index in [1.165, 1.54) is 51.4 Å². The number of hydrogen-bond donors (Lipinski definition) is 0. The summed E-state index contributed by atoms with van der Waals surface area (Å²) >= 11 is 0. The standard InChI is InChI=1S/C13H25F/c1-2-3-4-5-12-6-8-13(9-7-12)10-11-14/h12-13H,2-11H2,1H3. The molecule has 1 fully saturated rings. The number of hydrogen-bond acceptors (Lipinski definition) is 0. The second-order valence-corrected chi connectivity index (χ2v) is 4.86. The van der Waals surface area contributed by atoms with E-state index < -0.39 is 0 Å². The fourth-order valence-electron chi connectivity index (χ4n) is 2.65. The Balaban J connectivity index is 2.03. The smallest absolute Gasteiger partial charge is 0.0897 e. The van der Waals surface area contributed by atoms with Gasteiger partial charge in [0, 0.05) is 0 Å². The van der Waals surface area contributed by atoms with E-state index in [1.807, 2.05) is 0 Å². The van der Waals surface area contributed by atoms with Crippen LogP contribution >= 0.6 is 0 Å². The molecule has 1 aliphatic carbocycles.